The minimum atomic E-state index is 0.00505. The number of hydrogen-bond donors (Lipinski definition) is 2. The topological polar surface area (TPSA) is 62.7 Å². The van der Waals surface area contributed by atoms with Crippen molar-refractivity contribution in [3.8, 4) is 11.8 Å². The molecule has 0 radical (unpaired) electrons. The summed E-state index contributed by atoms with van der Waals surface area (Å²) in [7, 11) is 0. The lowest BCUT2D eigenvalue weighted by Crippen LogP contribution is -2.34. The van der Waals surface area contributed by atoms with Gasteiger partial charge in [0.05, 0.1) is 0 Å². The van der Waals surface area contributed by atoms with Crippen molar-refractivity contribution in [3.05, 3.63) is 0 Å². The van der Waals surface area contributed by atoms with Crippen molar-refractivity contribution in [2.24, 2.45) is 5.16 Å². The number of nitrogens with one attached hydrogen (secondary N) is 2. The van der Waals surface area contributed by atoms with Crippen molar-refractivity contribution in [2.45, 2.75) is 39.3 Å². The van der Waals surface area contributed by atoms with Gasteiger partial charge in [-0.1, -0.05) is 11.1 Å². The average Bonchev–Trinajstić information content (AvgIpc) is 2.65. The minimum absolute atomic E-state index is 0.00505. The van der Waals surface area contributed by atoms with Gasteiger partial charge in [0, 0.05) is 25.6 Å². The Morgan fingerprint density at radius 3 is 3.00 bits per heavy atom. The minimum Gasteiger partial charge on any atom is -0.393 e. The van der Waals surface area contributed by atoms with Crippen LogP contribution in [0, 0.1) is 11.8 Å². The molecule has 1 saturated heterocycles. The van der Waals surface area contributed by atoms with Gasteiger partial charge >= 0.3 is 0 Å². The Morgan fingerprint density at radius 2 is 2.35 bits per heavy atom. The number of hydrogen-bond acceptors (Lipinski definition) is 4. The molecule has 17 heavy (non-hydrogen) atoms. The van der Waals surface area contributed by atoms with Crippen LogP contribution in [-0.4, -0.2) is 36.9 Å². The summed E-state index contributed by atoms with van der Waals surface area (Å²) >= 11 is 0. The van der Waals surface area contributed by atoms with E-state index in [-0.39, 0.29) is 18.0 Å². The van der Waals surface area contributed by atoms with Crippen molar-refractivity contribution < 1.29 is 9.63 Å². The van der Waals surface area contributed by atoms with Crippen LogP contribution in [0.5, 0.6) is 0 Å². The van der Waals surface area contributed by atoms with Gasteiger partial charge in [-0.2, -0.15) is 0 Å². The second-order valence-electron chi connectivity index (χ2n) is 4.09. The maximum atomic E-state index is 10.9. The summed E-state index contributed by atoms with van der Waals surface area (Å²) in [5.74, 6) is 5.56. The van der Waals surface area contributed by atoms with E-state index in [0.717, 1.165) is 13.0 Å². The van der Waals surface area contributed by atoms with Crippen molar-refractivity contribution in [3.63, 3.8) is 0 Å². The van der Waals surface area contributed by atoms with Crippen molar-refractivity contribution in [1.29, 1.82) is 0 Å². The molecule has 1 amide bonds. The molecule has 0 aliphatic carbocycles. The Hall–Kier alpha value is -1.54. The lowest BCUT2D eigenvalue weighted by atomic mass is 10.2. The molecule has 1 heterocycles. The van der Waals surface area contributed by atoms with Crippen LogP contribution in [0.15, 0.2) is 5.16 Å². The van der Waals surface area contributed by atoms with Gasteiger partial charge in [-0.05, 0) is 26.2 Å². The molecule has 5 heteroatoms. The second kappa shape index (κ2) is 6.92. The number of oxime groups is 1. The van der Waals surface area contributed by atoms with Crippen molar-refractivity contribution >= 4 is 11.6 Å². The van der Waals surface area contributed by atoms with E-state index in [1.165, 1.54) is 6.92 Å². The van der Waals surface area contributed by atoms with E-state index in [1.807, 2.05) is 0 Å². The quantitative estimate of drug-likeness (QED) is 0.419. The fourth-order valence-electron chi connectivity index (χ4n) is 1.77. The first-order valence-electron chi connectivity index (χ1n) is 5.71. The molecule has 1 rings (SSSR count). The standard InChI is InChI=1S/C12H19N3O2/c1-4-5-9(2)15-17-8-12-6-11(7-13-12)14-10(3)16/h11-13H,6-8H2,1-3H3,(H,14,16)/b15-9-/t11-,12+/m1/s1. The molecule has 0 aromatic heterocycles. The maximum absolute atomic E-state index is 10.9. The third-order valence-electron chi connectivity index (χ3n) is 2.41. The molecular weight excluding hydrogens is 218 g/mol. The van der Waals surface area contributed by atoms with Gasteiger partial charge in [-0.25, -0.2) is 0 Å². The van der Waals surface area contributed by atoms with E-state index in [2.05, 4.69) is 27.6 Å². The fraction of sp³-hybridized carbons (Fsp3) is 0.667. The van der Waals surface area contributed by atoms with Crippen LogP contribution in [0.4, 0.5) is 0 Å². The van der Waals surface area contributed by atoms with Crippen LogP contribution >= 0.6 is 0 Å². The molecule has 0 unspecified atom stereocenters. The smallest absolute Gasteiger partial charge is 0.217 e. The zero-order valence-electron chi connectivity index (χ0n) is 10.5. The summed E-state index contributed by atoms with van der Waals surface area (Å²) < 4.78 is 0. The van der Waals surface area contributed by atoms with E-state index >= 15 is 0 Å². The highest BCUT2D eigenvalue weighted by atomic mass is 16.6. The molecule has 0 saturated carbocycles. The first kappa shape index (κ1) is 13.5. The molecule has 1 fully saturated rings. The number of carbonyl (C=O) groups is 1. The molecular formula is C12H19N3O2. The lowest BCUT2D eigenvalue weighted by Gasteiger charge is -2.09. The Kier molecular flexibility index (Phi) is 5.50. The molecule has 1 aliphatic rings. The largest absolute Gasteiger partial charge is 0.393 e. The van der Waals surface area contributed by atoms with Gasteiger partial charge in [0.2, 0.25) is 5.91 Å². The normalized spacial score (nSPS) is 23.8. The molecule has 0 spiro atoms. The van der Waals surface area contributed by atoms with E-state index in [9.17, 15) is 4.79 Å². The summed E-state index contributed by atoms with van der Waals surface area (Å²) in [5.41, 5.74) is 0.670. The number of carbonyl (C=O) groups excluding carboxylic acids is 1. The SMILES string of the molecule is CC#C/C(C)=N\OC[C@@H]1C[C@@H](NC(C)=O)CN1. The highest BCUT2D eigenvalue weighted by molar-refractivity contribution is 5.97. The molecule has 0 aromatic rings. The van der Waals surface area contributed by atoms with Gasteiger partial charge in [0.1, 0.15) is 12.3 Å². The van der Waals surface area contributed by atoms with Crippen LogP contribution in [0.2, 0.25) is 0 Å². The predicted molar refractivity (Wildman–Crippen MR) is 66.5 cm³/mol. The van der Waals surface area contributed by atoms with Crippen molar-refractivity contribution in [1.82, 2.24) is 10.6 Å². The average molecular weight is 237 g/mol. The summed E-state index contributed by atoms with van der Waals surface area (Å²) in [6.07, 6.45) is 0.869. The monoisotopic (exact) mass is 237 g/mol. The first-order valence-corrected chi connectivity index (χ1v) is 5.71. The molecule has 0 aromatic carbocycles. The molecule has 2 N–H and O–H groups in total. The summed E-state index contributed by atoms with van der Waals surface area (Å²) in [6, 6.07) is 0.430. The van der Waals surface area contributed by atoms with E-state index in [0.29, 0.717) is 12.3 Å². The van der Waals surface area contributed by atoms with Gasteiger partial charge in [-0.15, -0.1) is 0 Å². The van der Waals surface area contributed by atoms with Crippen LogP contribution in [0.25, 0.3) is 0 Å². The Bertz CT molecular complexity index is 354. The Morgan fingerprint density at radius 1 is 1.59 bits per heavy atom. The Balaban J connectivity index is 2.23. The van der Waals surface area contributed by atoms with Crippen molar-refractivity contribution in [2.75, 3.05) is 13.2 Å². The summed E-state index contributed by atoms with van der Waals surface area (Å²) in [4.78, 5) is 16.1. The van der Waals surface area contributed by atoms with Crippen LogP contribution in [0.1, 0.15) is 27.2 Å². The van der Waals surface area contributed by atoms with Gasteiger partial charge < -0.3 is 15.5 Å². The second-order valence-corrected chi connectivity index (χ2v) is 4.09. The van der Waals surface area contributed by atoms with E-state index in [1.54, 1.807) is 13.8 Å². The lowest BCUT2D eigenvalue weighted by molar-refractivity contribution is -0.119. The third-order valence-corrected chi connectivity index (χ3v) is 2.41. The van der Waals surface area contributed by atoms with Crippen LogP contribution in [-0.2, 0) is 9.63 Å². The zero-order chi connectivity index (χ0) is 12.7. The highest BCUT2D eigenvalue weighted by Crippen LogP contribution is 2.07. The summed E-state index contributed by atoms with van der Waals surface area (Å²) in [6.45, 7) is 6.37. The first-order chi connectivity index (χ1) is 8.11. The highest BCUT2D eigenvalue weighted by Gasteiger charge is 2.24. The van der Waals surface area contributed by atoms with Gasteiger partial charge in [0.25, 0.3) is 0 Å². The van der Waals surface area contributed by atoms with Crippen LogP contribution < -0.4 is 10.6 Å². The molecule has 2 atom stereocenters. The predicted octanol–water partition coefficient (Wildman–Crippen LogP) is 0.269. The van der Waals surface area contributed by atoms with Gasteiger partial charge in [-0.3, -0.25) is 4.79 Å². The number of nitrogens with zero attached hydrogens (tertiary/aromatic N) is 1. The molecule has 5 nitrogen and oxygen atoms in total. The summed E-state index contributed by atoms with van der Waals surface area (Å²) in [5, 5.41) is 10.0. The Labute approximate surface area is 102 Å². The molecule has 0 bridgehead atoms. The third kappa shape index (κ3) is 5.36. The van der Waals surface area contributed by atoms with E-state index < -0.39 is 0 Å². The maximum Gasteiger partial charge on any atom is 0.217 e. The molecule has 1 aliphatic heterocycles. The van der Waals surface area contributed by atoms with E-state index in [4.69, 9.17) is 4.84 Å². The van der Waals surface area contributed by atoms with Crippen LogP contribution in [0.3, 0.4) is 0 Å². The number of rotatable bonds is 4. The zero-order valence-corrected chi connectivity index (χ0v) is 10.5. The number of amides is 1. The fourth-order valence-corrected chi connectivity index (χ4v) is 1.77. The van der Waals surface area contributed by atoms with Gasteiger partial charge in [0.15, 0.2) is 0 Å². The molecule has 94 valence electrons.